The van der Waals surface area contributed by atoms with E-state index in [2.05, 4.69) is 12.2 Å². The van der Waals surface area contributed by atoms with Crippen molar-refractivity contribution in [2.75, 3.05) is 6.54 Å². The molecule has 0 aromatic heterocycles. The van der Waals surface area contributed by atoms with Gasteiger partial charge in [0.05, 0.1) is 0 Å². The summed E-state index contributed by atoms with van der Waals surface area (Å²) in [6, 6.07) is -0.444. The van der Waals surface area contributed by atoms with Crippen LogP contribution in [0.15, 0.2) is 11.6 Å². The van der Waals surface area contributed by atoms with E-state index in [0.29, 0.717) is 5.92 Å². The van der Waals surface area contributed by atoms with Gasteiger partial charge in [0.25, 0.3) is 0 Å². The molecule has 2 unspecified atom stereocenters. The van der Waals surface area contributed by atoms with Gasteiger partial charge in [-0.25, -0.2) is 0 Å². The summed E-state index contributed by atoms with van der Waals surface area (Å²) in [7, 11) is 0. The van der Waals surface area contributed by atoms with E-state index >= 15 is 0 Å². The molecule has 1 aliphatic rings. The maximum absolute atomic E-state index is 10.7. The molecule has 0 aromatic rings. The Labute approximate surface area is 99.9 Å². The zero-order chi connectivity index (χ0) is 13.1. The summed E-state index contributed by atoms with van der Waals surface area (Å²) in [5.41, 5.74) is 1.03. The molecule has 3 heteroatoms. The first-order valence-electron chi connectivity index (χ1n) is 6.33. The third kappa shape index (κ3) is 4.79. The van der Waals surface area contributed by atoms with E-state index in [1.807, 2.05) is 40.7 Å². The lowest BCUT2D eigenvalue weighted by atomic mass is 9.95. The Balaban J connectivity index is 0. The molecule has 1 rings (SSSR count). The Kier molecular flexibility index (Phi) is 11.7. The van der Waals surface area contributed by atoms with Crippen LogP contribution in [-0.4, -0.2) is 23.7 Å². The van der Waals surface area contributed by atoms with Crippen LogP contribution in [0.5, 0.6) is 0 Å². The van der Waals surface area contributed by atoms with Crippen LogP contribution in [-0.2, 0) is 4.79 Å². The molecule has 0 radical (unpaired) electrons. The fourth-order valence-electron chi connectivity index (χ4n) is 1.74. The standard InChI is InChI=1S/C9H15NO2.2C2H6/c1-3-6-5-10-8(9(11)12)7(6)4-2;2*1-2/h4,6,8,10H,3,5H2,1-2H3,(H,11,12);2*1-2H3/b7-4+;;. The monoisotopic (exact) mass is 229 g/mol. The van der Waals surface area contributed by atoms with E-state index in [1.165, 1.54) is 0 Å². The molecular formula is C13H27NO2. The van der Waals surface area contributed by atoms with Crippen LogP contribution in [0.2, 0.25) is 0 Å². The normalized spacial score (nSPS) is 25.2. The van der Waals surface area contributed by atoms with Crippen molar-refractivity contribution >= 4 is 5.97 Å². The van der Waals surface area contributed by atoms with Crippen LogP contribution in [0, 0.1) is 5.92 Å². The summed E-state index contributed by atoms with van der Waals surface area (Å²) < 4.78 is 0. The van der Waals surface area contributed by atoms with E-state index in [0.717, 1.165) is 18.5 Å². The number of carboxylic acids is 1. The molecule has 0 saturated carbocycles. The Morgan fingerprint density at radius 3 is 2.25 bits per heavy atom. The van der Waals surface area contributed by atoms with Crippen molar-refractivity contribution in [3.63, 3.8) is 0 Å². The lowest BCUT2D eigenvalue weighted by molar-refractivity contribution is -0.138. The predicted molar refractivity (Wildman–Crippen MR) is 69.7 cm³/mol. The molecule has 2 N–H and O–H groups in total. The van der Waals surface area contributed by atoms with Gasteiger partial charge in [0.2, 0.25) is 0 Å². The number of hydrogen-bond acceptors (Lipinski definition) is 2. The van der Waals surface area contributed by atoms with Gasteiger partial charge in [-0.15, -0.1) is 0 Å². The summed E-state index contributed by atoms with van der Waals surface area (Å²) in [4.78, 5) is 10.7. The van der Waals surface area contributed by atoms with Gasteiger partial charge in [-0.3, -0.25) is 4.79 Å². The molecule has 1 fully saturated rings. The molecule has 1 saturated heterocycles. The van der Waals surface area contributed by atoms with Crippen LogP contribution in [0.25, 0.3) is 0 Å². The van der Waals surface area contributed by atoms with Crippen molar-refractivity contribution in [1.82, 2.24) is 5.32 Å². The van der Waals surface area contributed by atoms with Crippen molar-refractivity contribution in [2.24, 2.45) is 5.92 Å². The smallest absolute Gasteiger partial charge is 0.325 e. The molecule has 1 heterocycles. The average Bonchev–Trinajstić information content (AvgIpc) is 2.77. The second-order valence-corrected chi connectivity index (χ2v) is 3.07. The van der Waals surface area contributed by atoms with E-state index in [4.69, 9.17) is 5.11 Å². The molecule has 0 aromatic carbocycles. The summed E-state index contributed by atoms with van der Waals surface area (Å²) in [5.74, 6) is -0.352. The SMILES string of the molecule is C/C=C1\C(CC)CNC1C(=O)O.CC.CC. The highest BCUT2D eigenvalue weighted by molar-refractivity contribution is 5.78. The van der Waals surface area contributed by atoms with E-state index < -0.39 is 12.0 Å². The third-order valence-corrected chi connectivity index (χ3v) is 2.45. The average molecular weight is 229 g/mol. The highest BCUT2D eigenvalue weighted by Gasteiger charge is 2.32. The first-order chi connectivity index (χ1) is 7.70. The lowest BCUT2D eigenvalue weighted by Gasteiger charge is -2.09. The molecule has 3 nitrogen and oxygen atoms in total. The largest absolute Gasteiger partial charge is 0.480 e. The van der Waals surface area contributed by atoms with Crippen molar-refractivity contribution < 1.29 is 9.90 Å². The minimum Gasteiger partial charge on any atom is -0.480 e. The van der Waals surface area contributed by atoms with Gasteiger partial charge >= 0.3 is 5.97 Å². The molecule has 1 aliphatic heterocycles. The lowest BCUT2D eigenvalue weighted by Crippen LogP contribution is -2.31. The number of rotatable bonds is 2. The van der Waals surface area contributed by atoms with Gasteiger partial charge in [0, 0.05) is 6.54 Å². The zero-order valence-corrected chi connectivity index (χ0v) is 11.5. The number of hydrogen-bond donors (Lipinski definition) is 2. The Morgan fingerprint density at radius 2 is 1.94 bits per heavy atom. The molecule has 16 heavy (non-hydrogen) atoms. The Bertz CT molecular complexity index is 212. The van der Waals surface area contributed by atoms with Crippen molar-refractivity contribution in [3.05, 3.63) is 11.6 Å². The second kappa shape index (κ2) is 10.7. The summed E-state index contributed by atoms with van der Waals surface area (Å²) in [5, 5.41) is 11.8. The fraction of sp³-hybridized carbons (Fsp3) is 0.769. The van der Waals surface area contributed by atoms with Gasteiger partial charge in [0.15, 0.2) is 0 Å². The van der Waals surface area contributed by atoms with Crippen LogP contribution in [0.1, 0.15) is 48.0 Å². The van der Waals surface area contributed by atoms with Gasteiger partial charge in [0.1, 0.15) is 6.04 Å². The number of allylic oxidation sites excluding steroid dienone is 1. The third-order valence-electron chi connectivity index (χ3n) is 2.45. The maximum atomic E-state index is 10.7. The zero-order valence-electron chi connectivity index (χ0n) is 11.5. The number of carboxylic acid groups (broad SMARTS) is 1. The number of aliphatic carboxylic acids is 1. The minimum absolute atomic E-state index is 0.413. The quantitative estimate of drug-likeness (QED) is 0.715. The predicted octanol–water partition coefficient (Wildman–Crippen LogP) is 3.07. The highest BCUT2D eigenvalue weighted by atomic mass is 16.4. The molecule has 0 spiro atoms. The molecule has 96 valence electrons. The van der Waals surface area contributed by atoms with Crippen LogP contribution in [0.4, 0.5) is 0 Å². The van der Waals surface area contributed by atoms with Gasteiger partial charge < -0.3 is 10.4 Å². The number of nitrogens with one attached hydrogen (secondary N) is 1. The maximum Gasteiger partial charge on any atom is 0.325 e. The van der Waals surface area contributed by atoms with Crippen LogP contribution >= 0.6 is 0 Å². The summed E-state index contributed by atoms with van der Waals surface area (Å²) in [6.45, 7) is 12.8. The first-order valence-corrected chi connectivity index (χ1v) is 6.33. The second-order valence-electron chi connectivity index (χ2n) is 3.07. The van der Waals surface area contributed by atoms with Gasteiger partial charge in [-0.1, -0.05) is 40.7 Å². The van der Waals surface area contributed by atoms with E-state index in [9.17, 15) is 4.79 Å². The summed E-state index contributed by atoms with van der Waals surface area (Å²) >= 11 is 0. The van der Waals surface area contributed by atoms with Crippen LogP contribution < -0.4 is 5.32 Å². The van der Waals surface area contributed by atoms with E-state index in [1.54, 1.807) is 0 Å². The molecule has 0 bridgehead atoms. The minimum atomic E-state index is -0.765. The summed E-state index contributed by atoms with van der Waals surface area (Å²) in [6.07, 6.45) is 2.93. The number of carbonyl (C=O) groups is 1. The highest BCUT2D eigenvalue weighted by Crippen LogP contribution is 2.24. The van der Waals surface area contributed by atoms with Crippen molar-refractivity contribution in [2.45, 2.75) is 54.0 Å². The van der Waals surface area contributed by atoms with Gasteiger partial charge in [-0.2, -0.15) is 0 Å². The Morgan fingerprint density at radius 1 is 1.44 bits per heavy atom. The van der Waals surface area contributed by atoms with Crippen molar-refractivity contribution in [3.8, 4) is 0 Å². The first kappa shape index (κ1) is 17.6. The van der Waals surface area contributed by atoms with Crippen LogP contribution in [0.3, 0.4) is 0 Å². The van der Waals surface area contributed by atoms with Gasteiger partial charge in [-0.05, 0) is 24.8 Å². The Hall–Kier alpha value is -0.830. The molecular weight excluding hydrogens is 202 g/mol. The topological polar surface area (TPSA) is 49.3 Å². The molecule has 0 amide bonds. The van der Waals surface area contributed by atoms with Crippen molar-refractivity contribution in [1.29, 1.82) is 0 Å². The molecule has 2 atom stereocenters. The fourth-order valence-corrected chi connectivity index (χ4v) is 1.74. The molecule has 0 aliphatic carbocycles. The van der Waals surface area contributed by atoms with E-state index in [-0.39, 0.29) is 0 Å².